The van der Waals surface area contributed by atoms with E-state index in [1.807, 2.05) is 0 Å². The fourth-order valence-corrected chi connectivity index (χ4v) is 4.87. The van der Waals surface area contributed by atoms with Crippen LogP contribution in [0.25, 0.3) is 0 Å². The molecule has 3 aliphatic rings. The molecule has 0 heteroatoms. The van der Waals surface area contributed by atoms with Crippen LogP contribution in [0.1, 0.15) is 59.8 Å². The van der Waals surface area contributed by atoms with Crippen molar-refractivity contribution in [3.63, 3.8) is 0 Å². The van der Waals surface area contributed by atoms with Crippen LogP contribution in [-0.2, 0) is 0 Å². The van der Waals surface area contributed by atoms with E-state index in [0.29, 0.717) is 16.2 Å². The number of rotatable bonds is 1. The van der Waals surface area contributed by atoms with Crippen molar-refractivity contribution in [3.05, 3.63) is 11.6 Å². The first-order valence-corrected chi connectivity index (χ1v) is 6.60. The Labute approximate surface area is 94.1 Å². The molecule has 0 saturated heterocycles. The Bertz CT molecular complexity index is 336. The molecule has 3 atom stereocenters. The lowest BCUT2D eigenvalue weighted by molar-refractivity contribution is 0.0341. The quantitative estimate of drug-likeness (QED) is 0.549. The molecule has 3 rings (SSSR count). The number of fused-ring (bicyclic) bond motifs is 1. The lowest BCUT2D eigenvalue weighted by atomic mass is 9.59. The zero-order chi connectivity index (χ0) is 10.9. The molecule has 3 aliphatic carbocycles. The normalized spacial score (nSPS) is 51.5. The van der Waals surface area contributed by atoms with E-state index in [9.17, 15) is 0 Å². The predicted molar refractivity (Wildman–Crippen MR) is 64.7 cm³/mol. The van der Waals surface area contributed by atoms with Gasteiger partial charge in [-0.15, -0.1) is 0 Å². The fraction of sp³-hybridized carbons (Fsp3) is 0.867. The topological polar surface area (TPSA) is 0 Å². The molecule has 0 aromatic heterocycles. The minimum absolute atomic E-state index is 0.570. The molecular formula is C15H24. The van der Waals surface area contributed by atoms with Gasteiger partial charge in [0.2, 0.25) is 0 Å². The van der Waals surface area contributed by atoms with E-state index in [1.165, 1.54) is 32.1 Å². The first-order chi connectivity index (χ1) is 6.93. The summed E-state index contributed by atoms with van der Waals surface area (Å²) >= 11 is 0. The summed E-state index contributed by atoms with van der Waals surface area (Å²) < 4.78 is 0. The van der Waals surface area contributed by atoms with E-state index in [0.717, 1.165) is 5.92 Å². The zero-order valence-corrected chi connectivity index (χ0v) is 10.7. The van der Waals surface area contributed by atoms with Crippen molar-refractivity contribution in [1.82, 2.24) is 0 Å². The Balaban J connectivity index is 1.96. The summed E-state index contributed by atoms with van der Waals surface area (Å²) in [5.41, 5.74) is 3.56. The predicted octanol–water partition coefficient (Wildman–Crippen LogP) is 4.56. The largest absolute Gasteiger partial charge is 0.0847 e. The molecule has 0 radical (unpaired) electrons. The molecule has 0 spiro atoms. The molecule has 0 N–H and O–H groups in total. The van der Waals surface area contributed by atoms with Gasteiger partial charge in [0, 0.05) is 0 Å². The number of allylic oxidation sites excluding steroid dienone is 2. The molecule has 0 aromatic rings. The standard InChI is InChI=1S/C15H24/c1-11-6-9-15(10-12(11)15)14(4)8-5-7-13(14,2)3/h6,12H,5,7-10H2,1-4H3/t12-,14+,15-/m0/s1. The fourth-order valence-electron chi connectivity index (χ4n) is 4.87. The molecule has 0 unspecified atom stereocenters. The first kappa shape index (κ1) is 9.93. The third-order valence-corrected chi connectivity index (χ3v) is 6.48. The van der Waals surface area contributed by atoms with E-state index < -0.39 is 0 Å². The maximum atomic E-state index is 2.59. The highest BCUT2D eigenvalue weighted by molar-refractivity contribution is 5.33. The van der Waals surface area contributed by atoms with Gasteiger partial charge in [-0.05, 0) is 54.8 Å². The van der Waals surface area contributed by atoms with Gasteiger partial charge in [-0.2, -0.15) is 0 Å². The van der Waals surface area contributed by atoms with Gasteiger partial charge in [-0.1, -0.05) is 38.8 Å². The molecule has 2 fully saturated rings. The van der Waals surface area contributed by atoms with Crippen LogP contribution in [0.15, 0.2) is 11.6 Å². The maximum Gasteiger partial charge on any atom is -0.0132 e. The molecule has 0 aliphatic heterocycles. The number of hydrogen-bond donors (Lipinski definition) is 0. The van der Waals surface area contributed by atoms with Crippen molar-refractivity contribution in [2.45, 2.75) is 59.8 Å². The van der Waals surface area contributed by atoms with Gasteiger partial charge in [0.05, 0.1) is 0 Å². The minimum atomic E-state index is 0.570. The van der Waals surface area contributed by atoms with Crippen molar-refractivity contribution in [3.8, 4) is 0 Å². The van der Waals surface area contributed by atoms with Gasteiger partial charge in [0.25, 0.3) is 0 Å². The summed E-state index contributed by atoms with van der Waals surface area (Å²) in [6.45, 7) is 9.97. The first-order valence-electron chi connectivity index (χ1n) is 6.60. The molecule has 0 nitrogen and oxygen atoms in total. The summed E-state index contributed by atoms with van der Waals surface area (Å²) in [5.74, 6) is 0.958. The summed E-state index contributed by atoms with van der Waals surface area (Å²) in [6, 6.07) is 0. The van der Waals surface area contributed by atoms with Gasteiger partial charge in [0.1, 0.15) is 0 Å². The van der Waals surface area contributed by atoms with Crippen LogP contribution < -0.4 is 0 Å². The molecule has 0 heterocycles. The Hall–Kier alpha value is -0.260. The maximum absolute atomic E-state index is 2.59. The second-order valence-corrected chi connectivity index (χ2v) is 7.13. The van der Waals surface area contributed by atoms with Crippen LogP contribution in [-0.4, -0.2) is 0 Å². The average molecular weight is 204 g/mol. The highest BCUT2D eigenvalue weighted by Crippen LogP contribution is 2.78. The SMILES string of the molecule is CC1=CC[C@]2([C@]3(C)CCCC3(C)C)C[C@@H]12. The second-order valence-electron chi connectivity index (χ2n) is 7.13. The molecule has 0 bridgehead atoms. The highest BCUT2D eigenvalue weighted by Gasteiger charge is 2.70. The van der Waals surface area contributed by atoms with E-state index in [4.69, 9.17) is 0 Å². The third kappa shape index (κ3) is 0.946. The molecule has 2 saturated carbocycles. The van der Waals surface area contributed by atoms with Crippen molar-refractivity contribution < 1.29 is 0 Å². The van der Waals surface area contributed by atoms with Crippen molar-refractivity contribution >= 4 is 0 Å². The van der Waals surface area contributed by atoms with Crippen molar-refractivity contribution in [2.75, 3.05) is 0 Å². The minimum Gasteiger partial charge on any atom is -0.0847 e. The lowest BCUT2D eigenvalue weighted by Gasteiger charge is -2.45. The molecule has 84 valence electrons. The Morgan fingerprint density at radius 3 is 2.33 bits per heavy atom. The summed E-state index contributed by atoms with van der Waals surface area (Å²) in [7, 11) is 0. The highest BCUT2D eigenvalue weighted by atomic mass is 14.7. The van der Waals surface area contributed by atoms with Crippen LogP contribution >= 0.6 is 0 Å². The lowest BCUT2D eigenvalue weighted by Crippen LogP contribution is -2.38. The molecule has 0 amide bonds. The van der Waals surface area contributed by atoms with Crippen LogP contribution in [0.5, 0.6) is 0 Å². The van der Waals surface area contributed by atoms with E-state index in [2.05, 4.69) is 33.8 Å². The van der Waals surface area contributed by atoms with Crippen LogP contribution in [0.2, 0.25) is 0 Å². The second kappa shape index (κ2) is 2.52. The van der Waals surface area contributed by atoms with Crippen LogP contribution in [0.4, 0.5) is 0 Å². The summed E-state index contributed by atoms with van der Waals surface area (Å²) in [4.78, 5) is 0. The van der Waals surface area contributed by atoms with Crippen LogP contribution in [0, 0.1) is 22.2 Å². The average Bonchev–Trinajstić information content (AvgIpc) is 2.73. The molecule has 15 heavy (non-hydrogen) atoms. The van der Waals surface area contributed by atoms with E-state index in [1.54, 1.807) is 5.57 Å². The molecule has 0 aromatic carbocycles. The Kier molecular flexibility index (Phi) is 1.67. The Morgan fingerprint density at radius 1 is 1.20 bits per heavy atom. The number of hydrogen-bond acceptors (Lipinski definition) is 0. The van der Waals surface area contributed by atoms with E-state index >= 15 is 0 Å². The third-order valence-electron chi connectivity index (χ3n) is 6.48. The van der Waals surface area contributed by atoms with Crippen molar-refractivity contribution in [1.29, 1.82) is 0 Å². The summed E-state index contributed by atoms with van der Waals surface area (Å²) in [5, 5.41) is 0. The van der Waals surface area contributed by atoms with Crippen molar-refractivity contribution in [2.24, 2.45) is 22.2 Å². The van der Waals surface area contributed by atoms with E-state index in [-0.39, 0.29) is 0 Å². The van der Waals surface area contributed by atoms with Crippen LogP contribution in [0.3, 0.4) is 0 Å². The van der Waals surface area contributed by atoms with Gasteiger partial charge < -0.3 is 0 Å². The van der Waals surface area contributed by atoms with Gasteiger partial charge in [-0.25, -0.2) is 0 Å². The van der Waals surface area contributed by atoms with Gasteiger partial charge in [0.15, 0.2) is 0 Å². The summed E-state index contributed by atoms with van der Waals surface area (Å²) in [6.07, 6.45) is 9.76. The Morgan fingerprint density at radius 2 is 1.93 bits per heavy atom. The van der Waals surface area contributed by atoms with Gasteiger partial charge in [-0.3, -0.25) is 0 Å². The molecular weight excluding hydrogens is 180 g/mol. The zero-order valence-electron chi connectivity index (χ0n) is 10.7. The smallest absolute Gasteiger partial charge is 0.0132 e. The van der Waals surface area contributed by atoms with Gasteiger partial charge >= 0.3 is 0 Å². The monoisotopic (exact) mass is 204 g/mol.